The fraction of sp³-hybridized carbons (Fsp3) is 0.0476. The smallest absolute Gasteiger partial charge is 0.275 e. The molecule has 0 saturated heterocycles. The number of aromatic hydroxyl groups is 1. The summed E-state index contributed by atoms with van der Waals surface area (Å²) < 4.78 is 6.95. The Morgan fingerprint density at radius 2 is 1.74 bits per heavy atom. The minimum Gasteiger partial charge on any atom is -0.507 e. The zero-order valence-electron chi connectivity index (χ0n) is 14.3. The number of para-hydroxylation sites is 1. The van der Waals surface area contributed by atoms with Gasteiger partial charge in [0.05, 0.1) is 11.8 Å². The molecule has 0 spiro atoms. The Bertz CT molecular complexity index is 938. The summed E-state index contributed by atoms with van der Waals surface area (Å²) in [5, 5.41) is 13.6. The van der Waals surface area contributed by atoms with E-state index in [0.717, 1.165) is 16.9 Å². The van der Waals surface area contributed by atoms with E-state index < -0.39 is 5.91 Å². The molecule has 0 bridgehead atoms. The molecule has 0 fully saturated rings. The molecule has 136 valence electrons. The average Bonchev–Trinajstić information content (AvgIpc) is 2.69. The van der Waals surface area contributed by atoms with Gasteiger partial charge in [-0.3, -0.25) is 4.79 Å². The predicted molar refractivity (Wildman–Crippen MR) is 113 cm³/mol. The molecule has 0 atom stereocenters. The number of phenols is 1. The first-order valence-electron chi connectivity index (χ1n) is 8.20. The molecule has 27 heavy (non-hydrogen) atoms. The minimum absolute atomic E-state index is 0.0835. The number of nitrogens with one attached hydrogen (secondary N) is 1. The summed E-state index contributed by atoms with van der Waals surface area (Å²) in [6.45, 7) is 0.501. The summed E-state index contributed by atoms with van der Waals surface area (Å²) in [5.74, 6) is 0.200. The molecule has 3 aromatic rings. The maximum Gasteiger partial charge on any atom is 0.275 e. The monoisotopic (exact) mass is 472 g/mol. The molecule has 0 radical (unpaired) electrons. The van der Waals surface area contributed by atoms with Gasteiger partial charge in [-0.25, -0.2) is 5.43 Å². The highest BCUT2D eigenvalue weighted by Crippen LogP contribution is 2.16. The van der Waals surface area contributed by atoms with E-state index in [9.17, 15) is 9.90 Å². The predicted octanol–water partition coefficient (Wildman–Crippen LogP) is 4.34. The largest absolute Gasteiger partial charge is 0.507 e. The van der Waals surface area contributed by atoms with Crippen LogP contribution in [0.5, 0.6) is 11.5 Å². The molecule has 5 nitrogen and oxygen atoms in total. The molecule has 3 aromatic carbocycles. The lowest BCUT2D eigenvalue weighted by atomic mass is 10.2. The third kappa shape index (κ3) is 5.55. The van der Waals surface area contributed by atoms with Crippen LogP contribution in [-0.2, 0) is 6.61 Å². The van der Waals surface area contributed by atoms with E-state index in [0.29, 0.717) is 6.61 Å². The van der Waals surface area contributed by atoms with Crippen LogP contribution in [0.15, 0.2) is 77.9 Å². The van der Waals surface area contributed by atoms with Gasteiger partial charge in [-0.05, 0) is 82.2 Å². The Hall–Kier alpha value is -2.87. The Morgan fingerprint density at radius 3 is 2.44 bits per heavy atom. The van der Waals surface area contributed by atoms with Crippen LogP contribution >= 0.6 is 22.6 Å². The second-order valence-electron chi connectivity index (χ2n) is 5.70. The maximum absolute atomic E-state index is 11.9. The second kappa shape index (κ2) is 9.18. The Balaban J connectivity index is 1.52. The molecule has 0 saturated carbocycles. The van der Waals surface area contributed by atoms with Crippen LogP contribution in [0.1, 0.15) is 21.5 Å². The van der Waals surface area contributed by atoms with Gasteiger partial charge in [-0.15, -0.1) is 0 Å². The topological polar surface area (TPSA) is 70.9 Å². The Morgan fingerprint density at radius 1 is 1.04 bits per heavy atom. The number of carbonyl (C=O) groups is 1. The van der Waals surface area contributed by atoms with Gasteiger partial charge in [0.1, 0.15) is 18.1 Å². The van der Waals surface area contributed by atoms with E-state index in [-0.39, 0.29) is 11.3 Å². The number of benzene rings is 3. The summed E-state index contributed by atoms with van der Waals surface area (Å²) in [5.41, 5.74) is 4.49. The van der Waals surface area contributed by atoms with Crippen LogP contribution in [0.2, 0.25) is 0 Å². The second-order valence-corrected chi connectivity index (χ2v) is 6.95. The highest BCUT2D eigenvalue weighted by atomic mass is 127. The Kier molecular flexibility index (Phi) is 6.43. The zero-order chi connectivity index (χ0) is 19.1. The van der Waals surface area contributed by atoms with E-state index in [1.165, 1.54) is 21.9 Å². The fourth-order valence-electron chi connectivity index (χ4n) is 2.29. The molecule has 2 N–H and O–H groups in total. The van der Waals surface area contributed by atoms with Gasteiger partial charge < -0.3 is 9.84 Å². The van der Waals surface area contributed by atoms with E-state index in [1.807, 2.05) is 48.5 Å². The molecule has 0 heterocycles. The number of nitrogens with zero attached hydrogens (tertiary/aromatic N) is 1. The number of hydrazone groups is 1. The lowest BCUT2D eigenvalue weighted by Gasteiger charge is -2.06. The maximum atomic E-state index is 11.9. The number of hydrogen-bond acceptors (Lipinski definition) is 4. The van der Waals surface area contributed by atoms with Crippen LogP contribution < -0.4 is 10.2 Å². The van der Waals surface area contributed by atoms with Crippen LogP contribution in [0.4, 0.5) is 0 Å². The molecular formula is C21H17IN2O3. The number of amides is 1. The third-order valence-corrected chi connectivity index (χ3v) is 4.45. The van der Waals surface area contributed by atoms with Gasteiger partial charge in [-0.1, -0.05) is 24.3 Å². The Labute approximate surface area is 170 Å². The minimum atomic E-state index is -0.471. The molecule has 0 aliphatic heterocycles. The van der Waals surface area contributed by atoms with E-state index in [1.54, 1.807) is 12.1 Å². The van der Waals surface area contributed by atoms with Crippen molar-refractivity contribution in [2.45, 2.75) is 6.61 Å². The van der Waals surface area contributed by atoms with Gasteiger partial charge in [-0.2, -0.15) is 5.10 Å². The van der Waals surface area contributed by atoms with Gasteiger partial charge in [0, 0.05) is 3.57 Å². The highest BCUT2D eigenvalue weighted by molar-refractivity contribution is 14.1. The zero-order valence-corrected chi connectivity index (χ0v) is 16.5. The van der Waals surface area contributed by atoms with Crippen molar-refractivity contribution in [2.75, 3.05) is 0 Å². The van der Waals surface area contributed by atoms with Crippen molar-refractivity contribution in [1.82, 2.24) is 5.43 Å². The molecule has 6 heteroatoms. The molecule has 0 aliphatic carbocycles. The first kappa shape index (κ1) is 18.9. The lowest BCUT2D eigenvalue weighted by Crippen LogP contribution is -2.17. The van der Waals surface area contributed by atoms with E-state index in [4.69, 9.17) is 4.74 Å². The van der Waals surface area contributed by atoms with Gasteiger partial charge in [0.25, 0.3) is 5.91 Å². The number of halogens is 1. The number of rotatable bonds is 6. The summed E-state index contributed by atoms with van der Waals surface area (Å²) in [6.07, 6.45) is 1.53. The van der Waals surface area contributed by atoms with Crippen LogP contribution in [-0.4, -0.2) is 17.2 Å². The summed E-state index contributed by atoms with van der Waals surface area (Å²) >= 11 is 2.27. The van der Waals surface area contributed by atoms with Gasteiger partial charge in [0.15, 0.2) is 0 Å². The van der Waals surface area contributed by atoms with Crippen molar-refractivity contribution >= 4 is 34.7 Å². The van der Waals surface area contributed by atoms with Crippen molar-refractivity contribution in [3.63, 3.8) is 0 Å². The van der Waals surface area contributed by atoms with Crippen LogP contribution in [0.25, 0.3) is 0 Å². The molecular weight excluding hydrogens is 455 g/mol. The molecule has 1 amide bonds. The quantitative estimate of drug-likeness (QED) is 0.319. The van der Waals surface area contributed by atoms with Crippen LogP contribution in [0, 0.1) is 3.57 Å². The molecule has 0 aromatic heterocycles. The summed E-state index contributed by atoms with van der Waals surface area (Å²) in [4.78, 5) is 11.9. The van der Waals surface area contributed by atoms with Crippen molar-refractivity contribution in [3.8, 4) is 11.5 Å². The number of ether oxygens (including phenoxy) is 1. The normalized spacial score (nSPS) is 10.7. The summed E-state index contributed by atoms with van der Waals surface area (Å²) in [6, 6.07) is 21.9. The van der Waals surface area contributed by atoms with Crippen molar-refractivity contribution in [1.29, 1.82) is 0 Å². The third-order valence-electron chi connectivity index (χ3n) is 3.73. The molecule has 0 aliphatic rings. The number of hydrogen-bond donors (Lipinski definition) is 2. The highest BCUT2D eigenvalue weighted by Gasteiger charge is 2.08. The van der Waals surface area contributed by atoms with E-state index >= 15 is 0 Å². The van der Waals surface area contributed by atoms with Gasteiger partial charge in [0.2, 0.25) is 0 Å². The van der Waals surface area contributed by atoms with Gasteiger partial charge >= 0.3 is 0 Å². The lowest BCUT2D eigenvalue weighted by molar-refractivity contribution is 0.0952. The van der Waals surface area contributed by atoms with E-state index in [2.05, 4.69) is 33.1 Å². The van der Waals surface area contributed by atoms with Crippen molar-refractivity contribution < 1.29 is 14.6 Å². The number of phenolic OH excluding ortho intramolecular Hbond substituents is 1. The number of carbonyl (C=O) groups excluding carboxylic acids is 1. The fourth-order valence-corrected chi connectivity index (χ4v) is 2.65. The SMILES string of the molecule is O=C(N/N=C/c1ccc(OCc2ccc(I)cc2)cc1)c1ccccc1O. The molecule has 3 rings (SSSR count). The first-order valence-corrected chi connectivity index (χ1v) is 9.28. The molecule has 0 unspecified atom stereocenters. The summed E-state index contributed by atoms with van der Waals surface area (Å²) in [7, 11) is 0. The van der Waals surface area contributed by atoms with Crippen molar-refractivity contribution in [2.24, 2.45) is 5.10 Å². The van der Waals surface area contributed by atoms with Crippen molar-refractivity contribution in [3.05, 3.63) is 93.1 Å². The van der Waals surface area contributed by atoms with Crippen LogP contribution in [0.3, 0.4) is 0 Å². The standard InChI is InChI=1S/C21H17IN2O3/c22-17-9-5-16(6-10-17)14-27-18-11-7-15(8-12-18)13-23-24-21(26)19-3-1-2-4-20(19)25/h1-13,25H,14H2,(H,24,26)/b23-13+. The first-order chi connectivity index (χ1) is 13.1. The average molecular weight is 472 g/mol.